The van der Waals surface area contributed by atoms with Crippen LogP contribution in [-0.4, -0.2) is 35.5 Å². The summed E-state index contributed by atoms with van der Waals surface area (Å²) in [6.45, 7) is 7.89. The molecule has 1 aromatic rings. The van der Waals surface area contributed by atoms with Crippen molar-refractivity contribution in [2.75, 3.05) is 13.1 Å². The lowest BCUT2D eigenvalue weighted by Gasteiger charge is -2.31. The van der Waals surface area contributed by atoms with Crippen molar-refractivity contribution in [1.82, 2.24) is 4.90 Å². The Morgan fingerprint density at radius 3 is 2.54 bits per heavy atom. The van der Waals surface area contributed by atoms with Gasteiger partial charge in [0.25, 0.3) is 5.91 Å². The lowest BCUT2D eigenvalue weighted by molar-refractivity contribution is -0.125. The molecule has 1 amide bonds. The molecule has 142 valence electrons. The first-order valence-corrected chi connectivity index (χ1v) is 9.40. The molecule has 1 saturated heterocycles. The smallest absolute Gasteiger partial charge is 0.251 e. The molecule has 6 heteroatoms. The van der Waals surface area contributed by atoms with Gasteiger partial charge in [-0.25, -0.2) is 4.99 Å². The number of hydrogen-bond acceptors (Lipinski definition) is 3. The zero-order valence-electron chi connectivity index (χ0n) is 15.8. The van der Waals surface area contributed by atoms with Crippen LogP contribution in [0.3, 0.4) is 0 Å². The Morgan fingerprint density at radius 2 is 1.92 bits per heavy atom. The number of carbonyl (C=O) groups excluding carboxylic acids is 2. The van der Waals surface area contributed by atoms with Gasteiger partial charge in [-0.2, -0.15) is 0 Å². The number of nitrogens with two attached hydrogens (primary N) is 1. The van der Waals surface area contributed by atoms with Crippen molar-refractivity contribution in [1.29, 1.82) is 0 Å². The fraction of sp³-hybridized carbons (Fsp3) is 0.550. The van der Waals surface area contributed by atoms with Crippen molar-refractivity contribution in [2.45, 2.75) is 46.6 Å². The lowest BCUT2D eigenvalue weighted by atomic mass is 9.89. The van der Waals surface area contributed by atoms with E-state index in [4.69, 9.17) is 17.3 Å². The first-order chi connectivity index (χ1) is 12.1. The Bertz CT molecular complexity index is 677. The van der Waals surface area contributed by atoms with E-state index in [1.807, 2.05) is 45.0 Å². The summed E-state index contributed by atoms with van der Waals surface area (Å²) in [6.07, 6.45) is 1.77. The number of likely N-dealkylation sites (tertiary alicyclic amines) is 1. The van der Waals surface area contributed by atoms with Crippen LogP contribution in [0.2, 0.25) is 5.02 Å². The molecule has 26 heavy (non-hydrogen) atoms. The van der Waals surface area contributed by atoms with Gasteiger partial charge in [-0.3, -0.25) is 14.5 Å². The molecule has 0 aromatic heterocycles. The maximum absolute atomic E-state index is 12.5. The van der Waals surface area contributed by atoms with Crippen molar-refractivity contribution in [2.24, 2.45) is 22.1 Å². The number of aliphatic imine (C=N–C) groups is 1. The van der Waals surface area contributed by atoms with Gasteiger partial charge in [0.2, 0.25) is 0 Å². The van der Waals surface area contributed by atoms with Crippen LogP contribution in [0.15, 0.2) is 29.3 Å². The Morgan fingerprint density at radius 1 is 1.27 bits per heavy atom. The van der Waals surface area contributed by atoms with Gasteiger partial charge in [-0.1, -0.05) is 44.5 Å². The molecule has 1 aromatic carbocycles. The summed E-state index contributed by atoms with van der Waals surface area (Å²) >= 11 is 5.92. The second-order valence-electron chi connectivity index (χ2n) is 7.99. The van der Waals surface area contributed by atoms with Crippen molar-refractivity contribution in [3.05, 3.63) is 34.9 Å². The number of hydrogen-bond donors (Lipinski definition) is 1. The number of amides is 1. The van der Waals surface area contributed by atoms with Crippen LogP contribution in [0, 0.1) is 11.3 Å². The van der Waals surface area contributed by atoms with Gasteiger partial charge < -0.3 is 5.73 Å². The Labute approximate surface area is 160 Å². The molecule has 2 N–H and O–H groups in total. The number of halogens is 1. The van der Waals surface area contributed by atoms with E-state index in [2.05, 4.69) is 9.89 Å². The van der Waals surface area contributed by atoms with Crippen LogP contribution in [0.25, 0.3) is 0 Å². The average molecular weight is 378 g/mol. The molecule has 1 fully saturated rings. The summed E-state index contributed by atoms with van der Waals surface area (Å²) in [6, 6.07) is 7.76. The SMILES string of the molecule is CC(C)(C)C(=O)CC(N)=NC(=O)C1CCCN(Cc2ccc(Cl)cc2)C1. The summed E-state index contributed by atoms with van der Waals surface area (Å²) in [7, 11) is 0. The third kappa shape index (κ3) is 6.22. The molecular weight excluding hydrogens is 350 g/mol. The number of carbonyl (C=O) groups is 2. The van der Waals surface area contributed by atoms with Gasteiger partial charge in [0.15, 0.2) is 0 Å². The minimum absolute atomic E-state index is 0.0143. The number of benzene rings is 1. The maximum Gasteiger partial charge on any atom is 0.251 e. The zero-order valence-corrected chi connectivity index (χ0v) is 16.6. The first kappa shape index (κ1) is 20.6. The van der Waals surface area contributed by atoms with E-state index in [1.54, 1.807) is 0 Å². The highest BCUT2D eigenvalue weighted by Gasteiger charge is 2.27. The number of rotatable bonds is 5. The molecule has 1 aliphatic heterocycles. The number of amidine groups is 1. The van der Waals surface area contributed by atoms with Gasteiger partial charge in [0.05, 0.1) is 12.3 Å². The van der Waals surface area contributed by atoms with Crippen molar-refractivity contribution in [3.63, 3.8) is 0 Å². The minimum atomic E-state index is -0.483. The van der Waals surface area contributed by atoms with E-state index in [-0.39, 0.29) is 29.9 Å². The predicted molar refractivity (Wildman–Crippen MR) is 105 cm³/mol. The Kier molecular flexibility index (Phi) is 6.95. The van der Waals surface area contributed by atoms with Crippen LogP contribution in [0.1, 0.15) is 45.6 Å². The molecular formula is C20H28ClN3O2. The van der Waals surface area contributed by atoms with Gasteiger partial charge in [-0.05, 0) is 37.1 Å². The number of piperidine rings is 1. The third-order valence-electron chi connectivity index (χ3n) is 4.61. The van der Waals surface area contributed by atoms with E-state index in [9.17, 15) is 9.59 Å². The highest BCUT2D eigenvalue weighted by atomic mass is 35.5. The highest BCUT2D eigenvalue weighted by molar-refractivity contribution is 6.30. The van der Waals surface area contributed by atoms with Crippen molar-refractivity contribution in [3.8, 4) is 0 Å². The van der Waals surface area contributed by atoms with E-state index in [0.717, 1.165) is 31.0 Å². The summed E-state index contributed by atoms with van der Waals surface area (Å²) in [4.78, 5) is 30.7. The van der Waals surface area contributed by atoms with Gasteiger partial charge in [0, 0.05) is 23.5 Å². The van der Waals surface area contributed by atoms with E-state index in [1.165, 1.54) is 5.56 Å². The normalized spacial score (nSPS) is 19.4. The van der Waals surface area contributed by atoms with Crippen molar-refractivity contribution >= 4 is 29.1 Å². The van der Waals surface area contributed by atoms with Crippen LogP contribution >= 0.6 is 11.6 Å². The van der Waals surface area contributed by atoms with Gasteiger partial charge >= 0.3 is 0 Å². The second-order valence-corrected chi connectivity index (χ2v) is 8.43. The maximum atomic E-state index is 12.5. The van der Waals surface area contributed by atoms with Crippen LogP contribution in [0.5, 0.6) is 0 Å². The van der Waals surface area contributed by atoms with Crippen molar-refractivity contribution < 1.29 is 9.59 Å². The predicted octanol–water partition coefficient (Wildman–Crippen LogP) is 3.44. The standard InChI is InChI=1S/C20H28ClN3O2/c1-20(2,3)17(25)11-18(22)23-19(26)15-5-4-10-24(13-15)12-14-6-8-16(21)9-7-14/h6-9,15H,4-5,10-13H2,1-3H3,(H2,22,23,26). The molecule has 2 rings (SSSR count). The monoisotopic (exact) mass is 377 g/mol. The van der Waals surface area contributed by atoms with E-state index < -0.39 is 5.41 Å². The molecule has 0 bridgehead atoms. The molecule has 0 spiro atoms. The molecule has 0 aliphatic carbocycles. The quantitative estimate of drug-likeness (QED) is 0.630. The number of ketones is 1. The van der Waals surface area contributed by atoms with Crippen LogP contribution in [-0.2, 0) is 16.1 Å². The fourth-order valence-electron chi connectivity index (χ4n) is 2.95. The minimum Gasteiger partial charge on any atom is -0.387 e. The second kappa shape index (κ2) is 8.78. The van der Waals surface area contributed by atoms with Gasteiger partial charge in [0.1, 0.15) is 11.6 Å². The van der Waals surface area contributed by atoms with Gasteiger partial charge in [-0.15, -0.1) is 0 Å². The summed E-state index contributed by atoms with van der Waals surface area (Å²) < 4.78 is 0. The topological polar surface area (TPSA) is 75.8 Å². The zero-order chi connectivity index (χ0) is 19.3. The largest absolute Gasteiger partial charge is 0.387 e. The number of nitrogens with zero attached hydrogens (tertiary/aromatic N) is 2. The summed E-state index contributed by atoms with van der Waals surface area (Å²) in [5.74, 6) is -0.284. The Hall–Kier alpha value is -1.72. The summed E-state index contributed by atoms with van der Waals surface area (Å²) in [5.41, 5.74) is 6.52. The van der Waals surface area contributed by atoms with E-state index >= 15 is 0 Å². The molecule has 1 heterocycles. The average Bonchev–Trinajstić information content (AvgIpc) is 2.56. The number of Topliss-reactive ketones (excluding diaryl/α,β-unsaturated/α-hetero) is 1. The fourth-order valence-corrected chi connectivity index (χ4v) is 3.08. The molecule has 0 saturated carbocycles. The lowest BCUT2D eigenvalue weighted by Crippen LogP contribution is -2.38. The summed E-state index contributed by atoms with van der Waals surface area (Å²) in [5, 5.41) is 0.718. The van der Waals surface area contributed by atoms with E-state index in [0.29, 0.717) is 6.54 Å². The molecule has 5 nitrogen and oxygen atoms in total. The molecule has 1 atom stereocenters. The highest BCUT2D eigenvalue weighted by Crippen LogP contribution is 2.21. The molecule has 0 radical (unpaired) electrons. The van der Waals surface area contributed by atoms with Crippen LogP contribution in [0.4, 0.5) is 0 Å². The van der Waals surface area contributed by atoms with Crippen LogP contribution < -0.4 is 5.73 Å². The molecule has 1 aliphatic rings. The third-order valence-corrected chi connectivity index (χ3v) is 4.86. The first-order valence-electron chi connectivity index (χ1n) is 9.02. The Balaban J connectivity index is 1.93. The molecule has 1 unspecified atom stereocenters.